The fourth-order valence-corrected chi connectivity index (χ4v) is 4.09. The molecule has 2 amide bonds. The Hall–Kier alpha value is -2.71. The molecule has 0 atom stereocenters. The van der Waals surface area contributed by atoms with E-state index in [4.69, 9.17) is 10.7 Å². The molecule has 4 N–H and O–H groups in total. The lowest BCUT2D eigenvalue weighted by Gasteiger charge is -2.27. The van der Waals surface area contributed by atoms with Gasteiger partial charge in [0.1, 0.15) is 5.82 Å². The number of thioether (sulfide) groups is 1. The highest BCUT2D eigenvalue weighted by atomic mass is 32.2. The van der Waals surface area contributed by atoms with Gasteiger partial charge in [0.25, 0.3) is 11.1 Å². The second-order valence-corrected chi connectivity index (χ2v) is 8.04. The SMILES string of the molecule is NC1CCC(Nc2cncc(-c3cccc(/C=C4/SC(=O)NC4=O)c3)n2)CC1. The molecule has 2 aromatic rings. The van der Waals surface area contributed by atoms with E-state index >= 15 is 0 Å². The average Bonchev–Trinajstić information content (AvgIpc) is 3.01. The van der Waals surface area contributed by atoms with E-state index in [0.717, 1.165) is 60.1 Å². The van der Waals surface area contributed by atoms with Crippen molar-refractivity contribution >= 4 is 34.8 Å². The number of imide groups is 1. The summed E-state index contributed by atoms with van der Waals surface area (Å²) in [7, 11) is 0. The summed E-state index contributed by atoms with van der Waals surface area (Å²) in [6.45, 7) is 0. The summed E-state index contributed by atoms with van der Waals surface area (Å²) in [4.78, 5) is 32.5. The number of hydrogen-bond acceptors (Lipinski definition) is 7. The maximum atomic E-state index is 11.7. The molecule has 1 aromatic carbocycles. The van der Waals surface area contributed by atoms with E-state index in [-0.39, 0.29) is 11.1 Å². The van der Waals surface area contributed by atoms with Crippen LogP contribution in [0.25, 0.3) is 17.3 Å². The number of hydrogen-bond donors (Lipinski definition) is 3. The molecule has 7 nitrogen and oxygen atoms in total. The number of carbonyl (C=O) groups excluding carboxylic acids is 2. The van der Waals surface area contributed by atoms with Crippen LogP contribution in [0.15, 0.2) is 41.6 Å². The topological polar surface area (TPSA) is 110 Å². The zero-order valence-corrected chi connectivity index (χ0v) is 16.0. The van der Waals surface area contributed by atoms with Gasteiger partial charge in [-0.3, -0.25) is 19.9 Å². The molecule has 1 saturated heterocycles. The van der Waals surface area contributed by atoms with Crippen LogP contribution in [-0.4, -0.2) is 33.2 Å². The van der Waals surface area contributed by atoms with Crippen molar-refractivity contribution in [2.45, 2.75) is 37.8 Å². The molecule has 0 radical (unpaired) electrons. The summed E-state index contributed by atoms with van der Waals surface area (Å²) >= 11 is 0.907. The third-order valence-corrected chi connectivity index (χ3v) is 5.69. The highest BCUT2D eigenvalue weighted by Crippen LogP contribution is 2.27. The number of carbonyl (C=O) groups is 2. The van der Waals surface area contributed by atoms with Gasteiger partial charge in [0.2, 0.25) is 0 Å². The van der Waals surface area contributed by atoms with Gasteiger partial charge in [0.15, 0.2) is 0 Å². The van der Waals surface area contributed by atoms with Gasteiger partial charge in [-0.15, -0.1) is 0 Å². The molecule has 1 aliphatic carbocycles. The fraction of sp³-hybridized carbons (Fsp3) is 0.300. The summed E-state index contributed by atoms with van der Waals surface area (Å²) in [6.07, 6.45) is 9.27. The Bertz CT molecular complexity index is 938. The number of nitrogens with one attached hydrogen (secondary N) is 2. The van der Waals surface area contributed by atoms with Crippen LogP contribution in [0.4, 0.5) is 10.6 Å². The molecule has 144 valence electrons. The van der Waals surface area contributed by atoms with E-state index in [1.54, 1.807) is 18.5 Å². The maximum Gasteiger partial charge on any atom is 0.290 e. The van der Waals surface area contributed by atoms with Crippen molar-refractivity contribution in [1.82, 2.24) is 15.3 Å². The predicted octanol–water partition coefficient (Wildman–Crippen LogP) is 3.15. The van der Waals surface area contributed by atoms with Crippen molar-refractivity contribution in [3.05, 3.63) is 47.1 Å². The first-order valence-electron chi connectivity index (χ1n) is 9.26. The Morgan fingerprint density at radius 3 is 2.75 bits per heavy atom. The van der Waals surface area contributed by atoms with E-state index in [1.165, 1.54) is 0 Å². The third-order valence-electron chi connectivity index (χ3n) is 4.88. The van der Waals surface area contributed by atoms with Gasteiger partial charge in [-0.05, 0) is 55.2 Å². The highest BCUT2D eigenvalue weighted by molar-refractivity contribution is 8.18. The number of nitrogens with zero attached hydrogens (tertiary/aromatic N) is 2. The summed E-state index contributed by atoms with van der Waals surface area (Å²) < 4.78 is 0. The van der Waals surface area contributed by atoms with Crippen molar-refractivity contribution < 1.29 is 9.59 Å². The number of anilines is 1. The number of benzene rings is 1. The lowest BCUT2D eigenvalue weighted by molar-refractivity contribution is -0.115. The van der Waals surface area contributed by atoms with Crippen LogP contribution in [0.3, 0.4) is 0 Å². The lowest BCUT2D eigenvalue weighted by atomic mass is 9.92. The van der Waals surface area contributed by atoms with Crippen molar-refractivity contribution in [2.75, 3.05) is 5.32 Å². The molecule has 8 heteroatoms. The Labute approximate surface area is 167 Å². The highest BCUT2D eigenvalue weighted by Gasteiger charge is 2.25. The standard InChI is InChI=1S/C20H21N5O2S/c21-14-4-6-15(7-5-14)23-18-11-22-10-16(24-18)13-3-1-2-12(8-13)9-17-19(26)25-20(27)28-17/h1-3,8-11,14-15H,4-7,21H2,(H,23,24)(H,25,26,27)/b17-9+. The van der Waals surface area contributed by atoms with Crippen LogP contribution in [0.2, 0.25) is 0 Å². The van der Waals surface area contributed by atoms with E-state index in [9.17, 15) is 9.59 Å². The second-order valence-electron chi connectivity index (χ2n) is 7.02. The normalized spacial score (nSPS) is 23.7. The zero-order chi connectivity index (χ0) is 19.5. The zero-order valence-electron chi connectivity index (χ0n) is 15.2. The van der Waals surface area contributed by atoms with Gasteiger partial charge >= 0.3 is 0 Å². The Morgan fingerprint density at radius 1 is 1.18 bits per heavy atom. The number of amides is 2. The molecule has 0 spiro atoms. The smallest absolute Gasteiger partial charge is 0.290 e. The average molecular weight is 395 g/mol. The van der Waals surface area contributed by atoms with Crippen LogP contribution in [-0.2, 0) is 4.79 Å². The first-order chi connectivity index (χ1) is 13.6. The predicted molar refractivity (Wildman–Crippen MR) is 110 cm³/mol. The first kappa shape index (κ1) is 18.6. The van der Waals surface area contributed by atoms with Gasteiger partial charge in [-0.2, -0.15) is 0 Å². The van der Waals surface area contributed by atoms with E-state index in [2.05, 4.69) is 15.6 Å². The molecule has 28 heavy (non-hydrogen) atoms. The van der Waals surface area contributed by atoms with Crippen molar-refractivity contribution in [2.24, 2.45) is 5.73 Å². The molecule has 1 aliphatic heterocycles. The minimum atomic E-state index is -0.362. The van der Waals surface area contributed by atoms with Crippen LogP contribution >= 0.6 is 11.8 Å². The summed E-state index contributed by atoms with van der Waals surface area (Å²) in [5.41, 5.74) is 8.44. The van der Waals surface area contributed by atoms with Crippen LogP contribution < -0.4 is 16.4 Å². The number of rotatable bonds is 4. The Kier molecular flexibility index (Phi) is 5.40. The maximum absolute atomic E-state index is 11.7. The van der Waals surface area contributed by atoms with Gasteiger partial charge in [-0.1, -0.05) is 18.2 Å². The number of nitrogens with two attached hydrogens (primary N) is 1. The van der Waals surface area contributed by atoms with E-state index < -0.39 is 0 Å². The van der Waals surface area contributed by atoms with Crippen LogP contribution in [0.5, 0.6) is 0 Å². The molecule has 2 heterocycles. The molecule has 2 fully saturated rings. The molecular weight excluding hydrogens is 374 g/mol. The second kappa shape index (κ2) is 8.12. The Balaban J connectivity index is 1.52. The quantitative estimate of drug-likeness (QED) is 0.682. The summed E-state index contributed by atoms with van der Waals surface area (Å²) in [5, 5.41) is 5.37. The van der Waals surface area contributed by atoms with Gasteiger partial charge in [-0.25, -0.2) is 4.98 Å². The van der Waals surface area contributed by atoms with Crippen LogP contribution in [0.1, 0.15) is 31.2 Å². The van der Waals surface area contributed by atoms with Gasteiger partial charge < -0.3 is 11.1 Å². The number of aromatic nitrogens is 2. The van der Waals surface area contributed by atoms with Crippen molar-refractivity contribution in [3.8, 4) is 11.3 Å². The van der Waals surface area contributed by atoms with Gasteiger partial charge in [0.05, 0.1) is 23.0 Å². The van der Waals surface area contributed by atoms with E-state index in [0.29, 0.717) is 17.0 Å². The molecular formula is C20H21N5O2S. The van der Waals surface area contributed by atoms with E-state index in [1.807, 2.05) is 24.3 Å². The van der Waals surface area contributed by atoms with Gasteiger partial charge in [0, 0.05) is 17.6 Å². The molecule has 0 bridgehead atoms. The lowest BCUT2D eigenvalue weighted by Crippen LogP contribution is -2.33. The van der Waals surface area contributed by atoms with Crippen molar-refractivity contribution in [3.63, 3.8) is 0 Å². The minimum absolute atomic E-state index is 0.308. The molecule has 2 aliphatic rings. The first-order valence-corrected chi connectivity index (χ1v) is 10.1. The van der Waals surface area contributed by atoms with Crippen LogP contribution in [0, 0.1) is 0 Å². The summed E-state index contributed by atoms with van der Waals surface area (Å²) in [5.74, 6) is 0.386. The minimum Gasteiger partial charge on any atom is -0.366 e. The molecule has 0 unspecified atom stereocenters. The van der Waals surface area contributed by atoms with Crippen molar-refractivity contribution in [1.29, 1.82) is 0 Å². The largest absolute Gasteiger partial charge is 0.366 e. The fourth-order valence-electron chi connectivity index (χ4n) is 3.41. The third kappa shape index (κ3) is 4.40. The monoisotopic (exact) mass is 395 g/mol. The Morgan fingerprint density at radius 2 is 2.00 bits per heavy atom. The molecule has 1 aromatic heterocycles. The molecule has 4 rings (SSSR count). The molecule has 1 saturated carbocycles. The summed E-state index contributed by atoms with van der Waals surface area (Å²) in [6, 6.07) is 8.33.